The summed E-state index contributed by atoms with van der Waals surface area (Å²) in [4.78, 5) is 24.5. The predicted octanol–water partition coefficient (Wildman–Crippen LogP) is 2.26. The van der Waals surface area contributed by atoms with E-state index in [1.165, 1.54) is 30.3 Å². The first kappa shape index (κ1) is 11.5. The highest BCUT2D eigenvalue weighted by atomic mass is 16.3. The number of aromatic hydroxyl groups is 2. The molecule has 0 heterocycles. The van der Waals surface area contributed by atoms with Crippen LogP contribution in [0.2, 0.25) is 0 Å². The van der Waals surface area contributed by atoms with Gasteiger partial charge >= 0.3 is 0 Å². The average molecular weight is 254 g/mol. The molecule has 1 atom stereocenters. The molecule has 0 saturated carbocycles. The van der Waals surface area contributed by atoms with Gasteiger partial charge in [0.25, 0.3) is 0 Å². The fraction of sp³-hybridized carbons (Fsp3) is 0.0667. The molecular weight excluding hydrogens is 244 g/mol. The van der Waals surface area contributed by atoms with Crippen LogP contribution in [0.15, 0.2) is 42.5 Å². The summed E-state index contributed by atoms with van der Waals surface area (Å²) in [6.07, 6.45) is 0. The Hall–Kier alpha value is -2.62. The van der Waals surface area contributed by atoms with E-state index in [2.05, 4.69) is 0 Å². The summed E-state index contributed by atoms with van der Waals surface area (Å²) in [6, 6.07) is 10.2. The van der Waals surface area contributed by atoms with E-state index >= 15 is 0 Å². The number of carbonyl (C=O) groups excluding carboxylic acids is 2. The van der Waals surface area contributed by atoms with Gasteiger partial charge in [0.1, 0.15) is 17.4 Å². The molecule has 0 saturated heterocycles. The zero-order chi connectivity index (χ0) is 13.6. The van der Waals surface area contributed by atoms with Crippen LogP contribution in [0.5, 0.6) is 11.5 Å². The van der Waals surface area contributed by atoms with Gasteiger partial charge in [-0.05, 0) is 35.9 Å². The molecule has 3 rings (SSSR count). The molecule has 4 nitrogen and oxygen atoms in total. The summed E-state index contributed by atoms with van der Waals surface area (Å²) < 4.78 is 0. The lowest BCUT2D eigenvalue weighted by molar-refractivity contribution is 0.0890. The van der Waals surface area contributed by atoms with Gasteiger partial charge in [0.2, 0.25) is 0 Å². The van der Waals surface area contributed by atoms with E-state index in [-0.39, 0.29) is 28.6 Å². The number of fused-ring (bicyclic) bond motifs is 1. The van der Waals surface area contributed by atoms with E-state index in [1.807, 2.05) is 0 Å². The van der Waals surface area contributed by atoms with Crippen molar-refractivity contribution >= 4 is 11.6 Å². The van der Waals surface area contributed by atoms with Crippen LogP contribution in [0.1, 0.15) is 32.2 Å². The van der Waals surface area contributed by atoms with Gasteiger partial charge < -0.3 is 10.2 Å². The Bertz CT molecular complexity index is 686. The van der Waals surface area contributed by atoms with E-state index < -0.39 is 5.92 Å². The number of hydrogen-bond acceptors (Lipinski definition) is 4. The Morgan fingerprint density at radius 3 is 2.00 bits per heavy atom. The average Bonchev–Trinajstić information content (AvgIpc) is 2.63. The van der Waals surface area contributed by atoms with Gasteiger partial charge in [0.05, 0.1) is 0 Å². The number of carbonyl (C=O) groups is 2. The molecule has 2 aromatic carbocycles. The number of phenols is 2. The Morgan fingerprint density at radius 2 is 1.32 bits per heavy atom. The highest BCUT2D eigenvalue weighted by Gasteiger charge is 2.39. The number of hydrogen-bond donors (Lipinski definition) is 2. The molecule has 94 valence electrons. The first-order valence-corrected chi connectivity index (χ1v) is 5.78. The fourth-order valence-electron chi connectivity index (χ4n) is 2.35. The Labute approximate surface area is 108 Å². The molecule has 0 fully saturated rings. The molecular formula is C15H10O4. The largest absolute Gasteiger partial charge is 0.508 e. The lowest BCUT2D eigenvalue weighted by Gasteiger charge is -2.06. The van der Waals surface area contributed by atoms with Crippen LogP contribution in [-0.2, 0) is 0 Å². The molecule has 0 aliphatic heterocycles. The maximum Gasteiger partial charge on any atom is 0.178 e. The van der Waals surface area contributed by atoms with Gasteiger partial charge in [0.15, 0.2) is 11.6 Å². The summed E-state index contributed by atoms with van der Waals surface area (Å²) in [5.41, 5.74) is 1.13. The highest BCUT2D eigenvalue weighted by molar-refractivity contribution is 6.29. The number of Topliss-reactive ketones (excluding diaryl/α,β-unsaturated/α-hetero) is 2. The summed E-state index contributed by atoms with van der Waals surface area (Å²) in [7, 11) is 0. The highest BCUT2D eigenvalue weighted by Crippen LogP contribution is 2.35. The second-order valence-corrected chi connectivity index (χ2v) is 4.48. The first-order chi connectivity index (χ1) is 9.08. The quantitative estimate of drug-likeness (QED) is 0.765. The number of phenolic OH excluding ortho intramolecular Hbond substituents is 2. The zero-order valence-electron chi connectivity index (χ0n) is 9.83. The van der Waals surface area contributed by atoms with Crippen molar-refractivity contribution < 1.29 is 19.8 Å². The molecule has 1 aliphatic carbocycles. The van der Waals surface area contributed by atoms with Gasteiger partial charge in [-0.25, -0.2) is 0 Å². The van der Waals surface area contributed by atoms with Gasteiger partial charge in [-0.3, -0.25) is 9.59 Å². The molecule has 0 amide bonds. The Balaban J connectivity index is 2.10. The molecule has 0 radical (unpaired) electrons. The predicted molar refractivity (Wildman–Crippen MR) is 67.6 cm³/mol. The van der Waals surface area contributed by atoms with Crippen LogP contribution in [0.3, 0.4) is 0 Å². The van der Waals surface area contributed by atoms with E-state index in [9.17, 15) is 19.8 Å². The minimum absolute atomic E-state index is 0.0359. The summed E-state index contributed by atoms with van der Waals surface area (Å²) in [5, 5.41) is 18.6. The molecule has 1 aliphatic rings. The number of ketones is 2. The van der Waals surface area contributed by atoms with Gasteiger partial charge in [-0.1, -0.05) is 12.1 Å². The lowest BCUT2D eigenvalue weighted by atomic mass is 9.94. The third-order valence-electron chi connectivity index (χ3n) is 3.28. The molecule has 0 bridgehead atoms. The molecule has 4 heteroatoms. The normalized spacial score (nSPS) is 17.6. The molecule has 19 heavy (non-hydrogen) atoms. The van der Waals surface area contributed by atoms with Crippen molar-refractivity contribution in [3.63, 3.8) is 0 Å². The molecule has 0 aromatic heterocycles. The van der Waals surface area contributed by atoms with Crippen molar-refractivity contribution in [1.29, 1.82) is 0 Å². The standard InChI is InChI=1S/C15H10O4/c16-9-3-1-8(2-4-9)13-14(18)11-6-5-10(17)7-12(11)15(13)19/h1-7,13,16-17H. The SMILES string of the molecule is O=C1c2ccc(O)cc2C(=O)C1c1ccc(O)cc1. The van der Waals surface area contributed by atoms with Crippen molar-refractivity contribution in [3.8, 4) is 11.5 Å². The van der Waals surface area contributed by atoms with E-state index in [4.69, 9.17) is 0 Å². The van der Waals surface area contributed by atoms with E-state index in [0.717, 1.165) is 0 Å². The van der Waals surface area contributed by atoms with Crippen molar-refractivity contribution in [1.82, 2.24) is 0 Å². The molecule has 2 aromatic rings. The summed E-state index contributed by atoms with van der Waals surface area (Å²) in [5.74, 6) is -1.42. The van der Waals surface area contributed by atoms with Crippen LogP contribution in [-0.4, -0.2) is 21.8 Å². The minimum atomic E-state index is -0.877. The van der Waals surface area contributed by atoms with Gasteiger partial charge in [0, 0.05) is 11.1 Å². The zero-order valence-corrected chi connectivity index (χ0v) is 9.83. The van der Waals surface area contributed by atoms with Gasteiger partial charge in [-0.2, -0.15) is 0 Å². The van der Waals surface area contributed by atoms with Crippen LogP contribution in [0.25, 0.3) is 0 Å². The lowest BCUT2D eigenvalue weighted by Crippen LogP contribution is -2.12. The topological polar surface area (TPSA) is 74.6 Å². The van der Waals surface area contributed by atoms with E-state index in [0.29, 0.717) is 11.1 Å². The van der Waals surface area contributed by atoms with Crippen LogP contribution in [0.4, 0.5) is 0 Å². The Kier molecular flexibility index (Phi) is 2.38. The van der Waals surface area contributed by atoms with Crippen molar-refractivity contribution in [2.24, 2.45) is 0 Å². The molecule has 1 unspecified atom stereocenters. The second kappa shape index (κ2) is 3.95. The first-order valence-electron chi connectivity index (χ1n) is 5.78. The van der Waals surface area contributed by atoms with Crippen molar-refractivity contribution in [2.75, 3.05) is 0 Å². The molecule has 2 N–H and O–H groups in total. The maximum atomic E-state index is 12.3. The minimum Gasteiger partial charge on any atom is -0.508 e. The third-order valence-corrected chi connectivity index (χ3v) is 3.28. The third kappa shape index (κ3) is 1.69. The Morgan fingerprint density at radius 1 is 0.737 bits per heavy atom. The van der Waals surface area contributed by atoms with Crippen LogP contribution in [0, 0.1) is 0 Å². The number of benzene rings is 2. The van der Waals surface area contributed by atoms with E-state index in [1.54, 1.807) is 12.1 Å². The van der Waals surface area contributed by atoms with Crippen molar-refractivity contribution in [2.45, 2.75) is 5.92 Å². The monoisotopic (exact) mass is 254 g/mol. The second-order valence-electron chi connectivity index (χ2n) is 4.48. The smallest absolute Gasteiger partial charge is 0.178 e. The fourth-order valence-corrected chi connectivity index (χ4v) is 2.35. The van der Waals surface area contributed by atoms with Crippen LogP contribution >= 0.6 is 0 Å². The van der Waals surface area contributed by atoms with Crippen molar-refractivity contribution in [3.05, 3.63) is 59.2 Å². The van der Waals surface area contributed by atoms with Crippen LogP contribution < -0.4 is 0 Å². The number of rotatable bonds is 1. The summed E-state index contributed by atoms with van der Waals surface area (Å²) >= 11 is 0. The maximum absolute atomic E-state index is 12.3. The summed E-state index contributed by atoms with van der Waals surface area (Å²) in [6.45, 7) is 0. The molecule has 0 spiro atoms. The van der Waals surface area contributed by atoms with Gasteiger partial charge in [-0.15, -0.1) is 0 Å².